The summed E-state index contributed by atoms with van der Waals surface area (Å²) < 4.78 is 6.68. The number of halogens is 1. The Balaban J connectivity index is 2.04. The molecule has 0 heterocycles. The SMILES string of the molecule is CC(C)Oc1ccc(Nc2ccc(Br)cc2)cc1. The number of hydrogen-bond donors (Lipinski definition) is 1. The van der Waals surface area contributed by atoms with Crippen LogP contribution in [0.25, 0.3) is 0 Å². The highest BCUT2D eigenvalue weighted by atomic mass is 79.9. The average Bonchev–Trinajstić information content (AvgIpc) is 2.34. The van der Waals surface area contributed by atoms with E-state index >= 15 is 0 Å². The van der Waals surface area contributed by atoms with Crippen LogP contribution in [0.1, 0.15) is 13.8 Å². The van der Waals surface area contributed by atoms with Crippen LogP contribution in [-0.4, -0.2) is 6.10 Å². The lowest BCUT2D eigenvalue weighted by atomic mass is 10.2. The average molecular weight is 306 g/mol. The van der Waals surface area contributed by atoms with Crippen LogP contribution in [0.4, 0.5) is 11.4 Å². The van der Waals surface area contributed by atoms with Crippen molar-refractivity contribution >= 4 is 27.3 Å². The van der Waals surface area contributed by atoms with Crippen LogP contribution >= 0.6 is 15.9 Å². The third-order valence-corrected chi connectivity index (χ3v) is 2.89. The third kappa shape index (κ3) is 3.77. The van der Waals surface area contributed by atoms with E-state index in [1.165, 1.54) is 0 Å². The van der Waals surface area contributed by atoms with Crippen LogP contribution in [0.15, 0.2) is 53.0 Å². The van der Waals surface area contributed by atoms with Gasteiger partial charge < -0.3 is 10.1 Å². The molecular weight excluding hydrogens is 290 g/mol. The topological polar surface area (TPSA) is 21.3 Å². The summed E-state index contributed by atoms with van der Waals surface area (Å²) in [4.78, 5) is 0. The zero-order valence-corrected chi connectivity index (χ0v) is 12.1. The monoisotopic (exact) mass is 305 g/mol. The van der Waals surface area contributed by atoms with Gasteiger partial charge in [-0.1, -0.05) is 15.9 Å². The number of nitrogens with one attached hydrogen (secondary N) is 1. The molecule has 0 saturated heterocycles. The molecule has 2 rings (SSSR count). The second-order valence-electron chi connectivity index (χ2n) is 4.32. The number of rotatable bonds is 4. The van der Waals surface area contributed by atoms with E-state index in [4.69, 9.17) is 4.74 Å². The minimum Gasteiger partial charge on any atom is -0.491 e. The van der Waals surface area contributed by atoms with Gasteiger partial charge in [0.2, 0.25) is 0 Å². The van der Waals surface area contributed by atoms with Crippen molar-refractivity contribution in [3.05, 3.63) is 53.0 Å². The summed E-state index contributed by atoms with van der Waals surface area (Å²) in [6, 6.07) is 16.1. The van der Waals surface area contributed by atoms with Gasteiger partial charge in [-0.2, -0.15) is 0 Å². The molecule has 0 saturated carbocycles. The fourth-order valence-electron chi connectivity index (χ4n) is 1.59. The van der Waals surface area contributed by atoms with E-state index in [2.05, 4.69) is 21.2 Å². The Morgan fingerprint density at radius 3 is 1.89 bits per heavy atom. The zero-order valence-electron chi connectivity index (χ0n) is 10.5. The van der Waals surface area contributed by atoms with E-state index in [1.54, 1.807) is 0 Å². The lowest BCUT2D eigenvalue weighted by Crippen LogP contribution is -2.05. The van der Waals surface area contributed by atoms with E-state index < -0.39 is 0 Å². The largest absolute Gasteiger partial charge is 0.491 e. The quantitative estimate of drug-likeness (QED) is 0.860. The molecule has 0 fully saturated rings. The molecule has 0 aliphatic rings. The molecule has 2 aromatic carbocycles. The minimum atomic E-state index is 0.204. The molecule has 0 atom stereocenters. The molecule has 0 spiro atoms. The van der Waals surface area contributed by atoms with Crippen LogP contribution < -0.4 is 10.1 Å². The van der Waals surface area contributed by atoms with Gasteiger partial charge in [-0.3, -0.25) is 0 Å². The van der Waals surface area contributed by atoms with Crippen molar-refractivity contribution < 1.29 is 4.74 Å². The molecule has 2 aromatic rings. The molecule has 0 unspecified atom stereocenters. The maximum Gasteiger partial charge on any atom is 0.119 e. The first-order valence-electron chi connectivity index (χ1n) is 5.93. The Labute approximate surface area is 116 Å². The predicted octanol–water partition coefficient (Wildman–Crippen LogP) is 4.98. The smallest absolute Gasteiger partial charge is 0.119 e. The third-order valence-electron chi connectivity index (χ3n) is 2.36. The first-order chi connectivity index (χ1) is 8.63. The Morgan fingerprint density at radius 1 is 0.889 bits per heavy atom. The van der Waals surface area contributed by atoms with Crippen molar-refractivity contribution in [1.29, 1.82) is 0 Å². The van der Waals surface area contributed by atoms with Crippen LogP contribution in [0.5, 0.6) is 5.75 Å². The van der Waals surface area contributed by atoms with Gasteiger partial charge in [0.15, 0.2) is 0 Å². The van der Waals surface area contributed by atoms with E-state index in [0.29, 0.717) is 0 Å². The van der Waals surface area contributed by atoms with Gasteiger partial charge in [-0.15, -0.1) is 0 Å². The zero-order chi connectivity index (χ0) is 13.0. The lowest BCUT2D eigenvalue weighted by Gasteiger charge is -2.11. The summed E-state index contributed by atoms with van der Waals surface area (Å²) in [6.45, 7) is 4.04. The van der Waals surface area contributed by atoms with Gasteiger partial charge in [0.1, 0.15) is 5.75 Å². The highest BCUT2D eigenvalue weighted by molar-refractivity contribution is 9.10. The fraction of sp³-hybridized carbons (Fsp3) is 0.200. The van der Waals surface area contributed by atoms with Gasteiger partial charge in [0.05, 0.1) is 6.10 Å². The summed E-state index contributed by atoms with van der Waals surface area (Å²) in [7, 11) is 0. The molecule has 94 valence electrons. The molecule has 18 heavy (non-hydrogen) atoms. The van der Waals surface area contributed by atoms with Gasteiger partial charge >= 0.3 is 0 Å². The summed E-state index contributed by atoms with van der Waals surface area (Å²) >= 11 is 3.42. The molecule has 0 amide bonds. The molecule has 1 N–H and O–H groups in total. The Bertz CT molecular complexity index is 491. The van der Waals surface area contributed by atoms with Crippen LogP contribution in [-0.2, 0) is 0 Å². The van der Waals surface area contributed by atoms with Gasteiger partial charge in [-0.05, 0) is 62.4 Å². The second kappa shape index (κ2) is 5.91. The van der Waals surface area contributed by atoms with Crippen molar-refractivity contribution in [1.82, 2.24) is 0 Å². The predicted molar refractivity (Wildman–Crippen MR) is 79.6 cm³/mol. The summed E-state index contributed by atoms with van der Waals surface area (Å²) in [5.74, 6) is 0.895. The normalized spacial score (nSPS) is 10.4. The van der Waals surface area contributed by atoms with Crippen LogP contribution in [0.3, 0.4) is 0 Å². The van der Waals surface area contributed by atoms with Gasteiger partial charge in [0, 0.05) is 15.8 Å². The lowest BCUT2D eigenvalue weighted by molar-refractivity contribution is 0.242. The van der Waals surface area contributed by atoms with Crippen molar-refractivity contribution in [2.24, 2.45) is 0 Å². The first-order valence-corrected chi connectivity index (χ1v) is 6.72. The van der Waals surface area contributed by atoms with Crippen LogP contribution in [0, 0.1) is 0 Å². The number of benzene rings is 2. The van der Waals surface area contributed by atoms with E-state index in [-0.39, 0.29) is 6.10 Å². The first kappa shape index (κ1) is 13.0. The van der Waals surface area contributed by atoms with Crippen molar-refractivity contribution in [3.63, 3.8) is 0 Å². The number of ether oxygens (including phenoxy) is 1. The maximum atomic E-state index is 5.60. The molecule has 2 nitrogen and oxygen atoms in total. The summed E-state index contributed by atoms with van der Waals surface area (Å²) in [5.41, 5.74) is 2.11. The maximum absolute atomic E-state index is 5.60. The highest BCUT2D eigenvalue weighted by Crippen LogP contribution is 2.22. The second-order valence-corrected chi connectivity index (χ2v) is 5.24. The fourth-order valence-corrected chi connectivity index (χ4v) is 1.85. The van der Waals surface area contributed by atoms with Crippen molar-refractivity contribution in [2.45, 2.75) is 20.0 Å². The molecule has 0 bridgehead atoms. The molecule has 0 aliphatic heterocycles. The van der Waals surface area contributed by atoms with Crippen molar-refractivity contribution in [3.8, 4) is 5.75 Å². The Kier molecular flexibility index (Phi) is 4.26. The van der Waals surface area contributed by atoms with E-state index in [0.717, 1.165) is 21.6 Å². The molecule has 0 aromatic heterocycles. The van der Waals surface area contributed by atoms with Gasteiger partial charge in [0.25, 0.3) is 0 Å². The highest BCUT2D eigenvalue weighted by Gasteiger charge is 1.98. The molecular formula is C15H16BrNO. The van der Waals surface area contributed by atoms with Gasteiger partial charge in [-0.25, -0.2) is 0 Å². The van der Waals surface area contributed by atoms with Crippen LogP contribution in [0.2, 0.25) is 0 Å². The molecule has 0 aliphatic carbocycles. The van der Waals surface area contributed by atoms with E-state index in [1.807, 2.05) is 62.4 Å². The number of hydrogen-bond acceptors (Lipinski definition) is 2. The summed E-state index contributed by atoms with van der Waals surface area (Å²) in [6.07, 6.45) is 0.204. The molecule has 3 heteroatoms. The Morgan fingerprint density at radius 2 is 1.39 bits per heavy atom. The van der Waals surface area contributed by atoms with E-state index in [9.17, 15) is 0 Å². The number of anilines is 2. The Hall–Kier alpha value is -1.48. The molecule has 0 radical (unpaired) electrons. The minimum absolute atomic E-state index is 0.204. The standard InChI is InChI=1S/C15H16BrNO/c1-11(2)18-15-9-7-14(8-10-15)17-13-5-3-12(16)4-6-13/h3-11,17H,1-2H3. The van der Waals surface area contributed by atoms with Crippen molar-refractivity contribution in [2.75, 3.05) is 5.32 Å². The summed E-state index contributed by atoms with van der Waals surface area (Å²) in [5, 5.41) is 3.34.